The number of hydrogen-bond acceptors (Lipinski definition) is 3. The first-order valence-corrected chi connectivity index (χ1v) is 7.52. The zero-order valence-corrected chi connectivity index (χ0v) is 12.6. The molecule has 5 heteroatoms. The number of nitrogens with two attached hydrogens (primary N) is 1. The highest BCUT2D eigenvalue weighted by atomic mass is 16.5. The van der Waals surface area contributed by atoms with Crippen LogP contribution in [-0.2, 0) is 22.4 Å². The average molecular weight is 310 g/mol. The Morgan fingerprint density at radius 3 is 2.70 bits per heavy atom. The van der Waals surface area contributed by atoms with Gasteiger partial charge in [-0.1, -0.05) is 42.5 Å². The Kier molecular flexibility index (Phi) is 4.28. The van der Waals surface area contributed by atoms with Crippen molar-refractivity contribution in [2.24, 2.45) is 5.73 Å². The summed E-state index contributed by atoms with van der Waals surface area (Å²) in [5.74, 6) is 0.0666. The molecular formula is C18H18N2O3. The van der Waals surface area contributed by atoms with Gasteiger partial charge < -0.3 is 15.8 Å². The zero-order chi connectivity index (χ0) is 16.2. The van der Waals surface area contributed by atoms with Crippen LogP contribution in [0, 0.1) is 0 Å². The van der Waals surface area contributed by atoms with Gasteiger partial charge >= 0.3 is 0 Å². The van der Waals surface area contributed by atoms with Crippen LogP contribution in [0.25, 0.3) is 0 Å². The minimum Gasteiger partial charge on any atom is -0.493 e. The Hall–Kier alpha value is -2.82. The van der Waals surface area contributed by atoms with E-state index in [2.05, 4.69) is 5.32 Å². The number of nitrogens with one attached hydrogen (secondary N) is 1. The maximum Gasteiger partial charge on any atom is 0.244 e. The minimum absolute atomic E-state index is 0.198. The van der Waals surface area contributed by atoms with Crippen molar-refractivity contribution in [1.29, 1.82) is 0 Å². The van der Waals surface area contributed by atoms with Crippen LogP contribution >= 0.6 is 0 Å². The molecule has 1 aliphatic rings. The van der Waals surface area contributed by atoms with Crippen molar-refractivity contribution in [3.8, 4) is 5.75 Å². The van der Waals surface area contributed by atoms with Crippen molar-refractivity contribution in [3.05, 3.63) is 65.2 Å². The second-order valence-electron chi connectivity index (χ2n) is 5.53. The molecule has 0 fully saturated rings. The lowest BCUT2D eigenvalue weighted by atomic mass is 10.0. The fraction of sp³-hybridized carbons (Fsp3) is 0.222. The Balaban J connectivity index is 1.69. The van der Waals surface area contributed by atoms with Gasteiger partial charge in [0.1, 0.15) is 11.8 Å². The maximum atomic E-state index is 12.3. The summed E-state index contributed by atoms with van der Waals surface area (Å²) < 4.78 is 5.45. The summed E-state index contributed by atoms with van der Waals surface area (Å²) in [6, 6.07) is 13.9. The van der Waals surface area contributed by atoms with Crippen molar-refractivity contribution < 1.29 is 14.3 Å². The van der Waals surface area contributed by atoms with Crippen LogP contribution < -0.4 is 15.8 Å². The fourth-order valence-electron chi connectivity index (χ4n) is 2.71. The monoisotopic (exact) mass is 310 g/mol. The molecule has 2 amide bonds. The summed E-state index contributed by atoms with van der Waals surface area (Å²) >= 11 is 0. The Labute approximate surface area is 134 Å². The molecule has 0 saturated carbocycles. The fourth-order valence-corrected chi connectivity index (χ4v) is 2.71. The number of ether oxygens (including phenoxy) is 1. The summed E-state index contributed by atoms with van der Waals surface area (Å²) in [6.45, 7) is 0.683. The minimum atomic E-state index is -0.818. The van der Waals surface area contributed by atoms with Crippen LogP contribution in [0.5, 0.6) is 5.75 Å². The SMILES string of the molecule is NC(=O)C(NC(=O)Cc1ccc2c(c1)CCO2)c1ccccc1. The van der Waals surface area contributed by atoms with Gasteiger partial charge in [0.2, 0.25) is 11.8 Å². The molecule has 0 saturated heterocycles. The molecular weight excluding hydrogens is 292 g/mol. The molecule has 5 nitrogen and oxygen atoms in total. The number of fused-ring (bicyclic) bond motifs is 1. The van der Waals surface area contributed by atoms with E-state index in [1.165, 1.54) is 0 Å². The van der Waals surface area contributed by atoms with Crippen molar-refractivity contribution in [2.75, 3.05) is 6.61 Å². The van der Waals surface area contributed by atoms with E-state index in [4.69, 9.17) is 10.5 Å². The molecule has 2 aromatic carbocycles. The molecule has 2 aromatic rings. The summed E-state index contributed by atoms with van der Waals surface area (Å²) in [5, 5.41) is 2.70. The molecule has 0 aromatic heterocycles. The zero-order valence-electron chi connectivity index (χ0n) is 12.6. The first kappa shape index (κ1) is 15.1. The lowest BCUT2D eigenvalue weighted by Crippen LogP contribution is -2.38. The first-order valence-electron chi connectivity index (χ1n) is 7.52. The number of carbonyl (C=O) groups is 2. The number of rotatable bonds is 5. The molecule has 1 aliphatic heterocycles. The molecule has 1 unspecified atom stereocenters. The van der Waals surface area contributed by atoms with Gasteiger partial charge in [-0.25, -0.2) is 0 Å². The second kappa shape index (κ2) is 6.52. The van der Waals surface area contributed by atoms with Crippen LogP contribution in [0.2, 0.25) is 0 Å². The molecule has 118 valence electrons. The van der Waals surface area contributed by atoms with E-state index >= 15 is 0 Å². The Morgan fingerprint density at radius 2 is 1.96 bits per heavy atom. The van der Waals surface area contributed by atoms with Crippen LogP contribution in [0.4, 0.5) is 0 Å². The van der Waals surface area contributed by atoms with Crippen molar-refractivity contribution in [1.82, 2.24) is 5.32 Å². The number of primary amides is 1. The molecule has 3 rings (SSSR count). The van der Waals surface area contributed by atoms with Crippen molar-refractivity contribution in [3.63, 3.8) is 0 Å². The van der Waals surface area contributed by atoms with E-state index in [1.54, 1.807) is 24.3 Å². The summed E-state index contributed by atoms with van der Waals surface area (Å²) in [4.78, 5) is 23.9. The predicted molar refractivity (Wildman–Crippen MR) is 85.9 cm³/mol. The molecule has 0 spiro atoms. The van der Waals surface area contributed by atoms with Crippen LogP contribution in [-0.4, -0.2) is 18.4 Å². The largest absolute Gasteiger partial charge is 0.493 e. The van der Waals surface area contributed by atoms with Gasteiger partial charge in [0.25, 0.3) is 0 Å². The van der Waals surface area contributed by atoms with E-state index in [0.29, 0.717) is 12.2 Å². The van der Waals surface area contributed by atoms with Gasteiger partial charge in [-0.05, 0) is 22.8 Å². The second-order valence-corrected chi connectivity index (χ2v) is 5.53. The lowest BCUT2D eigenvalue weighted by Gasteiger charge is -2.16. The molecule has 1 atom stereocenters. The topological polar surface area (TPSA) is 81.4 Å². The average Bonchev–Trinajstić information content (AvgIpc) is 3.01. The van der Waals surface area contributed by atoms with Crippen LogP contribution in [0.3, 0.4) is 0 Å². The van der Waals surface area contributed by atoms with E-state index in [-0.39, 0.29) is 12.3 Å². The lowest BCUT2D eigenvalue weighted by molar-refractivity contribution is -0.127. The molecule has 0 aliphatic carbocycles. The Morgan fingerprint density at radius 1 is 1.17 bits per heavy atom. The number of benzene rings is 2. The molecule has 0 radical (unpaired) electrons. The molecule has 0 bridgehead atoms. The van der Waals surface area contributed by atoms with E-state index in [0.717, 1.165) is 23.3 Å². The van der Waals surface area contributed by atoms with E-state index in [9.17, 15) is 9.59 Å². The van der Waals surface area contributed by atoms with Crippen molar-refractivity contribution in [2.45, 2.75) is 18.9 Å². The Bertz CT molecular complexity index is 728. The third-order valence-electron chi connectivity index (χ3n) is 3.84. The highest BCUT2D eigenvalue weighted by Crippen LogP contribution is 2.26. The van der Waals surface area contributed by atoms with Gasteiger partial charge in [-0.2, -0.15) is 0 Å². The summed E-state index contributed by atoms with van der Waals surface area (Å²) in [5.41, 5.74) is 8.10. The summed E-state index contributed by atoms with van der Waals surface area (Å²) in [6.07, 6.45) is 1.06. The highest BCUT2D eigenvalue weighted by Gasteiger charge is 2.20. The number of carbonyl (C=O) groups excluding carboxylic acids is 2. The van der Waals surface area contributed by atoms with E-state index in [1.807, 2.05) is 24.3 Å². The summed E-state index contributed by atoms with van der Waals surface area (Å²) in [7, 11) is 0. The standard InChI is InChI=1S/C18H18N2O3/c19-18(22)17(13-4-2-1-3-5-13)20-16(21)11-12-6-7-15-14(10-12)8-9-23-15/h1-7,10,17H,8-9,11H2,(H2,19,22)(H,20,21). The van der Waals surface area contributed by atoms with Gasteiger partial charge in [0.05, 0.1) is 13.0 Å². The molecule has 1 heterocycles. The predicted octanol–water partition coefficient (Wildman–Crippen LogP) is 1.51. The number of amides is 2. The van der Waals surface area contributed by atoms with Gasteiger partial charge in [-0.3, -0.25) is 9.59 Å². The van der Waals surface area contributed by atoms with Crippen LogP contribution in [0.1, 0.15) is 22.7 Å². The van der Waals surface area contributed by atoms with Gasteiger partial charge in [-0.15, -0.1) is 0 Å². The van der Waals surface area contributed by atoms with E-state index < -0.39 is 11.9 Å². The smallest absolute Gasteiger partial charge is 0.244 e. The van der Waals surface area contributed by atoms with Crippen molar-refractivity contribution >= 4 is 11.8 Å². The third kappa shape index (κ3) is 3.51. The normalized spacial score (nSPS) is 13.7. The quantitative estimate of drug-likeness (QED) is 0.878. The molecule has 3 N–H and O–H groups in total. The maximum absolute atomic E-state index is 12.3. The third-order valence-corrected chi connectivity index (χ3v) is 3.84. The first-order chi connectivity index (χ1) is 11.1. The van der Waals surface area contributed by atoms with Gasteiger partial charge in [0, 0.05) is 6.42 Å². The highest BCUT2D eigenvalue weighted by molar-refractivity contribution is 5.88. The molecule has 23 heavy (non-hydrogen) atoms. The van der Waals surface area contributed by atoms with Crippen LogP contribution in [0.15, 0.2) is 48.5 Å². The van der Waals surface area contributed by atoms with Gasteiger partial charge in [0.15, 0.2) is 0 Å². The number of hydrogen-bond donors (Lipinski definition) is 2.